The molecule has 1 heterocycles. The van der Waals surface area contributed by atoms with Gasteiger partial charge >= 0.3 is 0 Å². The summed E-state index contributed by atoms with van der Waals surface area (Å²) in [5.74, 6) is -0.0480. The van der Waals surface area contributed by atoms with Gasteiger partial charge in [-0.05, 0) is 29.8 Å². The Balaban J connectivity index is 1.81. The number of nitrogens with zero attached hydrogens (tertiary/aromatic N) is 1. The van der Waals surface area contributed by atoms with Crippen molar-refractivity contribution in [3.8, 4) is 0 Å². The van der Waals surface area contributed by atoms with Gasteiger partial charge in [0.25, 0.3) is 0 Å². The third-order valence-corrected chi connectivity index (χ3v) is 3.70. The van der Waals surface area contributed by atoms with Gasteiger partial charge in [-0.15, -0.1) is 0 Å². The van der Waals surface area contributed by atoms with Gasteiger partial charge in [-0.2, -0.15) is 0 Å². The van der Waals surface area contributed by atoms with Crippen molar-refractivity contribution in [2.45, 2.75) is 6.54 Å². The van der Waals surface area contributed by atoms with Gasteiger partial charge < -0.3 is 4.57 Å². The van der Waals surface area contributed by atoms with E-state index in [1.54, 1.807) is 12.1 Å². The molecule has 3 rings (SSSR count). The Kier molecular flexibility index (Phi) is 3.89. The van der Waals surface area contributed by atoms with Crippen LogP contribution in [0.5, 0.6) is 0 Å². The first-order valence-corrected chi connectivity index (χ1v) is 7.11. The second-order valence-electron chi connectivity index (χ2n) is 4.86. The molecule has 0 aliphatic rings. The third kappa shape index (κ3) is 3.06. The lowest BCUT2D eigenvalue weighted by Crippen LogP contribution is -2.03. The second kappa shape index (κ2) is 5.98. The fraction of sp³-hybridized carbons (Fsp3) is 0.0556. The Morgan fingerprint density at radius 1 is 0.905 bits per heavy atom. The van der Waals surface area contributed by atoms with Crippen LogP contribution in [-0.2, 0) is 6.54 Å². The van der Waals surface area contributed by atoms with Crippen molar-refractivity contribution in [1.29, 1.82) is 0 Å². The molecule has 21 heavy (non-hydrogen) atoms. The summed E-state index contributed by atoms with van der Waals surface area (Å²) in [7, 11) is 0. The van der Waals surface area contributed by atoms with Crippen LogP contribution >= 0.6 is 11.6 Å². The van der Waals surface area contributed by atoms with Gasteiger partial charge in [-0.1, -0.05) is 48.0 Å². The first-order valence-electron chi connectivity index (χ1n) is 6.73. The van der Waals surface area contributed by atoms with E-state index in [9.17, 15) is 4.79 Å². The van der Waals surface area contributed by atoms with Crippen LogP contribution in [-0.4, -0.2) is 10.4 Å². The largest absolute Gasteiger partial charge is 0.350 e. The molecule has 0 spiro atoms. The van der Waals surface area contributed by atoms with E-state index in [0.29, 0.717) is 16.1 Å². The first kappa shape index (κ1) is 13.7. The predicted octanol–water partition coefficient (Wildman–Crippen LogP) is 4.42. The molecular weight excluding hydrogens is 282 g/mol. The van der Waals surface area contributed by atoms with E-state index in [2.05, 4.69) is 4.57 Å². The molecule has 3 aromatic rings. The summed E-state index contributed by atoms with van der Waals surface area (Å²) < 4.78 is 2.09. The minimum absolute atomic E-state index is 0.0480. The smallest absolute Gasteiger partial charge is 0.194 e. The molecule has 1 aromatic heterocycles. The SMILES string of the molecule is O=C(c1ccc(Cn2cccc2)cc1)c1ccccc1Cl. The third-order valence-electron chi connectivity index (χ3n) is 3.37. The first-order chi connectivity index (χ1) is 10.2. The summed E-state index contributed by atoms with van der Waals surface area (Å²) in [6.07, 6.45) is 4.03. The Hall–Kier alpha value is -2.32. The zero-order valence-corrected chi connectivity index (χ0v) is 12.1. The number of rotatable bonds is 4. The quantitative estimate of drug-likeness (QED) is 0.653. The highest BCUT2D eigenvalue weighted by Crippen LogP contribution is 2.19. The van der Waals surface area contributed by atoms with Crippen molar-refractivity contribution < 1.29 is 4.79 Å². The molecule has 2 aromatic carbocycles. The maximum Gasteiger partial charge on any atom is 0.194 e. The van der Waals surface area contributed by atoms with Gasteiger partial charge in [0.2, 0.25) is 0 Å². The van der Waals surface area contributed by atoms with Crippen LogP contribution in [0, 0.1) is 0 Å². The highest BCUT2D eigenvalue weighted by atomic mass is 35.5. The van der Waals surface area contributed by atoms with Crippen LogP contribution in [0.2, 0.25) is 5.02 Å². The summed E-state index contributed by atoms with van der Waals surface area (Å²) in [6, 6.07) is 18.8. The fourth-order valence-corrected chi connectivity index (χ4v) is 2.47. The standard InChI is InChI=1S/C18H14ClNO/c19-17-6-2-1-5-16(17)18(21)15-9-7-14(8-10-15)13-20-11-3-4-12-20/h1-12H,13H2. The lowest BCUT2D eigenvalue weighted by atomic mass is 10.0. The molecule has 0 bridgehead atoms. The Morgan fingerprint density at radius 3 is 2.24 bits per heavy atom. The summed E-state index contributed by atoms with van der Waals surface area (Å²) >= 11 is 6.07. The molecule has 0 fully saturated rings. The molecular formula is C18H14ClNO. The minimum Gasteiger partial charge on any atom is -0.350 e. The summed E-state index contributed by atoms with van der Waals surface area (Å²) in [5.41, 5.74) is 2.35. The van der Waals surface area contributed by atoms with Crippen molar-refractivity contribution in [3.05, 3.63) is 94.8 Å². The molecule has 0 amide bonds. The topological polar surface area (TPSA) is 22.0 Å². The van der Waals surface area contributed by atoms with Crippen molar-refractivity contribution >= 4 is 17.4 Å². The molecule has 0 aliphatic heterocycles. The molecule has 3 heteroatoms. The average Bonchev–Trinajstić information content (AvgIpc) is 3.01. The molecule has 2 nitrogen and oxygen atoms in total. The molecule has 0 saturated heterocycles. The number of aromatic nitrogens is 1. The van der Waals surface area contributed by atoms with Crippen LogP contribution in [0.4, 0.5) is 0 Å². The maximum atomic E-state index is 12.4. The van der Waals surface area contributed by atoms with Crippen LogP contribution in [0.1, 0.15) is 21.5 Å². The van der Waals surface area contributed by atoms with Crippen molar-refractivity contribution in [2.75, 3.05) is 0 Å². The van der Waals surface area contributed by atoms with Crippen molar-refractivity contribution in [3.63, 3.8) is 0 Å². The highest BCUT2D eigenvalue weighted by Gasteiger charge is 2.11. The number of carbonyl (C=O) groups excluding carboxylic acids is 1. The van der Waals surface area contributed by atoms with Crippen LogP contribution in [0.15, 0.2) is 73.1 Å². The number of ketones is 1. The average molecular weight is 296 g/mol. The van der Waals surface area contributed by atoms with E-state index in [-0.39, 0.29) is 5.78 Å². The lowest BCUT2D eigenvalue weighted by Gasteiger charge is -2.06. The van der Waals surface area contributed by atoms with E-state index in [0.717, 1.165) is 12.1 Å². The summed E-state index contributed by atoms with van der Waals surface area (Å²) in [6.45, 7) is 0.799. The van der Waals surface area contributed by atoms with Crippen LogP contribution in [0.25, 0.3) is 0 Å². The molecule has 104 valence electrons. The van der Waals surface area contributed by atoms with E-state index in [1.807, 2.05) is 60.9 Å². The zero-order valence-electron chi connectivity index (χ0n) is 11.4. The zero-order chi connectivity index (χ0) is 14.7. The van der Waals surface area contributed by atoms with Gasteiger partial charge in [-0.25, -0.2) is 0 Å². The second-order valence-corrected chi connectivity index (χ2v) is 5.27. The van der Waals surface area contributed by atoms with Crippen molar-refractivity contribution in [1.82, 2.24) is 4.57 Å². The van der Waals surface area contributed by atoms with Crippen LogP contribution < -0.4 is 0 Å². The summed E-state index contributed by atoms with van der Waals surface area (Å²) in [5, 5.41) is 0.485. The molecule has 0 N–H and O–H groups in total. The molecule has 0 unspecified atom stereocenters. The molecule has 0 aliphatic carbocycles. The Morgan fingerprint density at radius 2 is 1.57 bits per heavy atom. The van der Waals surface area contributed by atoms with Crippen LogP contribution in [0.3, 0.4) is 0 Å². The number of benzene rings is 2. The predicted molar refractivity (Wildman–Crippen MR) is 84.9 cm³/mol. The molecule has 0 saturated carbocycles. The van der Waals surface area contributed by atoms with E-state index in [4.69, 9.17) is 11.6 Å². The number of halogens is 1. The molecule has 0 radical (unpaired) electrons. The monoisotopic (exact) mass is 295 g/mol. The number of hydrogen-bond acceptors (Lipinski definition) is 1. The van der Waals surface area contributed by atoms with Gasteiger partial charge in [0, 0.05) is 30.1 Å². The van der Waals surface area contributed by atoms with E-state index < -0.39 is 0 Å². The summed E-state index contributed by atoms with van der Waals surface area (Å²) in [4.78, 5) is 12.4. The van der Waals surface area contributed by atoms with E-state index in [1.165, 1.54) is 0 Å². The minimum atomic E-state index is -0.0480. The van der Waals surface area contributed by atoms with Gasteiger partial charge in [0.1, 0.15) is 0 Å². The number of hydrogen-bond donors (Lipinski definition) is 0. The highest BCUT2D eigenvalue weighted by molar-refractivity contribution is 6.34. The van der Waals surface area contributed by atoms with E-state index >= 15 is 0 Å². The maximum absolute atomic E-state index is 12.4. The lowest BCUT2D eigenvalue weighted by molar-refractivity contribution is 0.103. The Bertz CT molecular complexity index is 745. The van der Waals surface area contributed by atoms with Crippen molar-refractivity contribution in [2.24, 2.45) is 0 Å². The van der Waals surface area contributed by atoms with Gasteiger partial charge in [-0.3, -0.25) is 4.79 Å². The normalized spacial score (nSPS) is 10.5. The molecule has 0 atom stereocenters. The van der Waals surface area contributed by atoms with Gasteiger partial charge in [0.05, 0.1) is 5.02 Å². The van der Waals surface area contributed by atoms with Gasteiger partial charge in [0.15, 0.2) is 5.78 Å². The number of carbonyl (C=O) groups is 1. The Labute approximate surface area is 128 Å². The fourth-order valence-electron chi connectivity index (χ4n) is 2.25.